The predicted octanol–water partition coefficient (Wildman–Crippen LogP) is 3.05. The molecule has 186 valence electrons. The molecule has 35 heavy (non-hydrogen) atoms. The normalized spacial score (nSPS) is 16.3. The van der Waals surface area contributed by atoms with Crippen LogP contribution in [0.15, 0.2) is 53.7 Å². The Hall–Kier alpha value is -3.33. The van der Waals surface area contributed by atoms with Gasteiger partial charge in [0.15, 0.2) is 16.6 Å². The van der Waals surface area contributed by atoms with Crippen molar-refractivity contribution in [1.29, 1.82) is 0 Å². The van der Waals surface area contributed by atoms with Crippen LogP contribution >= 0.6 is 12.2 Å². The Morgan fingerprint density at radius 1 is 1.06 bits per heavy atom. The van der Waals surface area contributed by atoms with Crippen LogP contribution in [-0.2, 0) is 22.6 Å². The molecule has 8 nitrogen and oxygen atoms in total. The summed E-state index contributed by atoms with van der Waals surface area (Å²) < 4.78 is 10.6. The zero-order valence-electron chi connectivity index (χ0n) is 20.2. The quantitative estimate of drug-likeness (QED) is 0.544. The third-order valence-corrected chi connectivity index (χ3v) is 6.90. The van der Waals surface area contributed by atoms with E-state index in [0.717, 1.165) is 49.6 Å². The molecule has 0 bridgehead atoms. The monoisotopic (exact) mass is 496 g/mol. The van der Waals surface area contributed by atoms with Crippen molar-refractivity contribution in [3.05, 3.63) is 59.7 Å². The first-order chi connectivity index (χ1) is 17.0. The van der Waals surface area contributed by atoms with Crippen LogP contribution in [0.1, 0.15) is 30.4 Å². The molecule has 9 heteroatoms. The first kappa shape index (κ1) is 24.8. The molecule has 1 fully saturated rings. The van der Waals surface area contributed by atoms with Crippen molar-refractivity contribution in [3.8, 4) is 11.5 Å². The van der Waals surface area contributed by atoms with Gasteiger partial charge in [0.25, 0.3) is 5.91 Å². The van der Waals surface area contributed by atoms with E-state index in [2.05, 4.69) is 32.8 Å². The lowest BCUT2D eigenvalue weighted by molar-refractivity contribution is -0.115. The van der Waals surface area contributed by atoms with Gasteiger partial charge in [0.2, 0.25) is 0 Å². The van der Waals surface area contributed by atoms with Gasteiger partial charge in [-0.25, -0.2) is 0 Å². The second-order valence-electron chi connectivity index (χ2n) is 8.82. The SMILES string of the molecule is COc1ccc(CNC(=O)C2=NOC3(CCN(C(=S)NCCc4ccccc4)CC3)C2)cc1OC. The summed E-state index contributed by atoms with van der Waals surface area (Å²) in [6.07, 6.45) is 2.97. The van der Waals surface area contributed by atoms with Gasteiger partial charge in [-0.2, -0.15) is 0 Å². The number of methoxy groups -OCH3 is 2. The predicted molar refractivity (Wildman–Crippen MR) is 139 cm³/mol. The number of carbonyl (C=O) groups is 1. The maximum absolute atomic E-state index is 12.7. The van der Waals surface area contributed by atoms with Crippen molar-refractivity contribution in [3.63, 3.8) is 0 Å². The molecule has 0 aromatic heterocycles. The number of piperidine rings is 1. The number of ether oxygens (including phenoxy) is 2. The Kier molecular flexibility index (Phi) is 8.07. The van der Waals surface area contributed by atoms with Crippen LogP contribution in [0.3, 0.4) is 0 Å². The van der Waals surface area contributed by atoms with Crippen LogP contribution in [0.5, 0.6) is 11.5 Å². The Bertz CT molecular complexity index is 1070. The fourth-order valence-corrected chi connectivity index (χ4v) is 4.66. The van der Waals surface area contributed by atoms with E-state index in [1.807, 2.05) is 36.4 Å². The Morgan fingerprint density at radius 3 is 2.51 bits per heavy atom. The second kappa shape index (κ2) is 11.4. The number of benzene rings is 2. The van der Waals surface area contributed by atoms with Crippen molar-refractivity contribution < 1.29 is 19.1 Å². The van der Waals surface area contributed by atoms with Crippen LogP contribution in [0.25, 0.3) is 0 Å². The molecule has 0 radical (unpaired) electrons. The number of oxime groups is 1. The van der Waals surface area contributed by atoms with E-state index < -0.39 is 5.60 Å². The van der Waals surface area contributed by atoms with Gasteiger partial charge in [-0.3, -0.25) is 4.79 Å². The van der Waals surface area contributed by atoms with Crippen LogP contribution in [0.4, 0.5) is 0 Å². The number of nitrogens with one attached hydrogen (secondary N) is 2. The van der Waals surface area contributed by atoms with E-state index in [1.165, 1.54) is 5.56 Å². The molecule has 2 aromatic rings. The fraction of sp³-hybridized carbons (Fsp3) is 0.423. The largest absolute Gasteiger partial charge is 0.493 e. The van der Waals surface area contributed by atoms with Crippen LogP contribution in [0.2, 0.25) is 0 Å². The average Bonchev–Trinajstić information content (AvgIpc) is 3.31. The van der Waals surface area contributed by atoms with Gasteiger partial charge in [-0.15, -0.1) is 0 Å². The highest BCUT2D eigenvalue weighted by atomic mass is 32.1. The Morgan fingerprint density at radius 2 is 1.80 bits per heavy atom. The molecule has 4 rings (SSSR count). The van der Waals surface area contributed by atoms with Gasteiger partial charge in [-0.1, -0.05) is 41.6 Å². The molecular formula is C26H32N4O4S. The number of hydrogen-bond donors (Lipinski definition) is 2. The fourth-order valence-electron chi connectivity index (χ4n) is 4.37. The number of rotatable bonds is 8. The summed E-state index contributed by atoms with van der Waals surface area (Å²) >= 11 is 5.60. The molecule has 2 N–H and O–H groups in total. The maximum atomic E-state index is 12.7. The molecule has 0 unspecified atom stereocenters. The van der Waals surface area contributed by atoms with Crippen molar-refractivity contribution in [2.75, 3.05) is 33.9 Å². The topological polar surface area (TPSA) is 84.4 Å². The van der Waals surface area contributed by atoms with Gasteiger partial charge >= 0.3 is 0 Å². The second-order valence-corrected chi connectivity index (χ2v) is 9.20. The Labute approximate surface area is 211 Å². The number of likely N-dealkylation sites (tertiary alicyclic amines) is 1. The molecular weight excluding hydrogens is 464 g/mol. The van der Waals surface area contributed by atoms with Crippen molar-refractivity contribution >= 4 is 28.9 Å². The minimum atomic E-state index is -0.424. The molecule has 1 amide bonds. The highest BCUT2D eigenvalue weighted by molar-refractivity contribution is 7.80. The zero-order chi connectivity index (χ0) is 24.7. The highest BCUT2D eigenvalue weighted by Crippen LogP contribution is 2.35. The summed E-state index contributed by atoms with van der Waals surface area (Å²) in [5, 5.41) is 11.2. The number of nitrogens with zero attached hydrogens (tertiary/aromatic N) is 2. The maximum Gasteiger partial charge on any atom is 0.269 e. The molecule has 2 aliphatic heterocycles. The first-order valence-electron chi connectivity index (χ1n) is 11.8. The minimum absolute atomic E-state index is 0.211. The van der Waals surface area contributed by atoms with E-state index in [9.17, 15) is 4.79 Å². The van der Waals surface area contributed by atoms with E-state index in [4.69, 9.17) is 26.5 Å². The summed E-state index contributed by atoms with van der Waals surface area (Å²) in [5.74, 6) is 1.06. The Balaban J connectivity index is 1.20. The first-order valence-corrected chi connectivity index (χ1v) is 12.2. The van der Waals surface area contributed by atoms with Gasteiger partial charge in [-0.05, 0) is 41.9 Å². The lowest BCUT2D eigenvalue weighted by Gasteiger charge is -2.38. The zero-order valence-corrected chi connectivity index (χ0v) is 21.0. The van der Waals surface area contributed by atoms with Crippen molar-refractivity contribution in [2.45, 2.75) is 37.8 Å². The summed E-state index contributed by atoms with van der Waals surface area (Å²) in [6.45, 7) is 2.71. The third kappa shape index (κ3) is 6.22. The van der Waals surface area contributed by atoms with Crippen LogP contribution < -0.4 is 20.1 Å². The van der Waals surface area contributed by atoms with Gasteiger partial charge < -0.3 is 29.8 Å². The summed E-state index contributed by atoms with van der Waals surface area (Å²) in [5.41, 5.74) is 2.20. The van der Waals surface area contributed by atoms with Gasteiger partial charge in [0, 0.05) is 45.4 Å². The minimum Gasteiger partial charge on any atom is -0.493 e. The number of thiocarbonyl (C=S) groups is 1. The lowest BCUT2D eigenvalue weighted by Crippen LogP contribution is -2.50. The van der Waals surface area contributed by atoms with Crippen LogP contribution in [0, 0.1) is 0 Å². The van der Waals surface area contributed by atoms with Gasteiger partial charge in [0.1, 0.15) is 11.3 Å². The van der Waals surface area contributed by atoms with E-state index in [0.29, 0.717) is 30.2 Å². The molecule has 1 spiro atoms. The molecule has 1 saturated heterocycles. The van der Waals surface area contributed by atoms with E-state index in [-0.39, 0.29) is 5.91 Å². The summed E-state index contributed by atoms with van der Waals surface area (Å²) in [7, 11) is 3.18. The number of hydrogen-bond acceptors (Lipinski definition) is 6. The van der Waals surface area contributed by atoms with Gasteiger partial charge in [0.05, 0.1) is 14.2 Å². The average molecular weight is 497 g/mol. The number of carbonyl (C=O) groups excluding carboxylic acids is 1. The van der Waals surface area contributed by atoms with Crippen molar-refractivity contribution in [1.82, 2.24) is 15.5 Å². The highest BCUT2D eigenvalue weighted by Gasteiger charge is 2.44. The third-order valence-electron chi connectivity index (χ3n) is 6.50. The molecule has 2 aliphatic rings. The molecule has 0 atom stereocenters. The summed E-state index contributed by atoms with van der Waals surface area (Å²) in [4.78, 5) is 20.7. The smallest absolute Gasteiger partial charge is 0.269 e. The van der Waals surface area contributed by atoms with E-state index >= 15 is 0 Å². The van der Waals surface area contributed by atoms with Crippen LogP contribution in [-0.4, -0.2) is 61.1 Å². The molecule has 0 saturated carbocycles. The van der Waals surface area contributed by atoms with Crippen molar-refractivity contribution in [2.24, 2.45) is 5.16 Å². The summed E-state index contributed by atoms with van der Waals surface area (Å²) in [6, 6.07) is 15.9. The standard InChI is InChI=1S/C26H32N4O4S/c1-32-22-9-8-20(16-23(22)33-2)18-28-24(31)21-17-26(34-29-21)11-14-30(15-12-26)25(35)27-13-10-19-6-4-3-5-7-19/h3-9,16H,10-15,17-18H2,1-2H3,(H,27,35)(H,28,31). The number of amides is 1. The molecule has 2 aromatic carbocycles. The molecule has 0 aliphatic carbocycles. The lowest BCUT2D eigenvalue weighted by atomic mass is 9.87. The van der Waals surface area contributed by atoms with E-state index in [1.54, 1.807) is 14.2 Å². The molecule has 2 heterocycles.